The number of allylic oxidation sites excluding steroid dienone is 1. The van der Waals surface area contributed by atoms with Crippen molar-refractivity contribution < 1.29 is 19.1 Å². The second-order valence-electron chi connectivity index (χ2n) is 8.85. The van der Waals surface area contributed by atoms with Gasteiger partial charge in [0.15, 0.2) is 10.7 Å². The molecule has 2 N–H and O–H groups in total. The maximum Gasteiger partial charge on any atom is 0.336 e. The van der Waals surface area contributed by atoms with Gasteiger partial charge in [-0.1, -0.05) is 59.6 Å². The summed E-state index contributed by atoms with van der Waals surface area (Å²) in [7, 11) is 0. The van der Waals surface area contributed by atoms with Gasteiger partial charge < -0.3 is 20.1 Å². The molecule has 2 aromatic carbocycles. The predicted octanol–water partition coefficient (Wildman–Crippen LogP) is 6.44. The maximum absolute atomic E-state index is 14.0. The molecular weight excluding hydrogens is 545 g/mol. The van der Waals surface area contributed by atoms with Gasteiger partial charge >= 0.3 is 11.9 Å². The number of nitrogens with one attached hydrogen (secondary N) is 2. The molecule has 0 radical (unpaired) electrons. The number of benzene rings is 2. The van der Waals surface area contributed by atoms with E-state index in [-0.39, 0.29) is 13.2 Å². The van der Waals surface area contributed by atoms with Crippen molar-refractivity contribution in [2.45, 2.75) is 45.2 Å². The molecule has 0 amide bonds. The van der Waals surface area contributed by atoms with Crippen LogP contribution in [-0.2, 0) is 19.1 Å². The SMILES string of the molecule is CCOC(=O)C1=C(C)NC(C)C(Nc2nc(-c3ccc(Cl)c(Cl)c3)cs2)(C(=O)OCC)C1c1ccccc1. The van der Waals surface area contributed by atoms with Crippen molar-refractivity contribution in [3.63, 3.8) is 0 Å². The Labute approximate surface area is 236 Å². The van der Waals surface area contributed by atoms with Gasteiger partial charge in [-0.3, -0.25) is 0 Å². The van der Waals surface area contributed by atoms with Crippen molar-refractivity contribution in [1.29, 1.82) is 0 Å². The highest BCUT2D eigenvalue weighted by Gasteiger charge is 2.58. The van der Waals surface area contributed by atoms with Gasteiger partial charge in [-0.2, -0.15) is 0 Å². The lowest BCUT2D eigenvalue weighted by atomic mass is 9.68. The molecule has 7 nitrogen and oxygen atoms in total. The molecule has 4 rings (SSSR count). The van der Waals surface area contributed by atoms with Crippen LogP contribution in [0.1, 0.15) is 39.2 Å². The molecule has 0 bridgehead atoms. The number of carbonyl (C=O) groups excluding carboxylic acids is 2. The predicted molar refractivity (Wildman–Crippen MR) is 152 cm³/mol. The number of hydrogen-bond donors (Lipinski definition) is 2. The molecule has 1 aromatic heterocycles. The number of rotatable bonds is 8. The van der Waals surface area contributed by atoms with Crippen LogP contribution in [0.25, 0.3) is 11.3 Å². The molecule has 200 valence electrons. The second-order valence-corrected chi connectivity index (χ2v) is 10.5. The lowest BCUT2D eigenvalue weighted by Crippen LogP contribution is -2.66. The van der Waals surface area contributed by atoms with Crippen LogP contribution in [0.2, 0.25) is 10.0 Å². The average molecular weight is 575 g/mol. The lowest BCUT2D eigenvalue weighted by molar-refractivity contribution is -0.151. The Balaban J connectivity index is 1.88. The molecule has 3 aromatic rings. The highest BCUT2D eigenvalue weighted by molar-refractivity contribution is 7.14. The minimum Gasteiger partial charge on any atom is -0.464 e. The normalized spacial score (nSPS) is 21.0. The van der Waals surface area contributed by atoms with Gasteiger partial charge in [0.25, 0.3) is 0 Å². The third-order valence-electron chi connectivity index (χ3n) is 6.54. The first-order valence-corrected chi connectivity index (χ1v) is 13.9. The van der Waals surface area contributed by atoms with E-state index in [4.69, 9.17) is 37.7 Å². The Bertz CT molecular complexity index is 1360. The largest absolute Gasteiger partial charge is 0.464 e. The van der Waals surface area contributed by atoms with Gasteiger partial charge in [0.2, 0.25) is 0 Å². The fourth-order valence-corrected chi connectivity index (χ4v) is 5.93. The minimum absolute atomic E-state index is 0.167. The number of nitrogens with zero attached hydrogens (tertiary/aromatic N) is 1. The Kier molecular flexibility index (Phi) is 8.65. The van der Waals surface area contributed by atoms with Gasteiger partial charge in [-0.25, -0.2) is 14.6 Å². The van der Waals surface area contributed by atoms with Crippen LogP contribution in [0.15, 0.2) is 65.2 Å². The van der Waals surface area contributed by atoms with Gasteiger partial charge in [-0.15, -0.1) is 11.3 Å². The van der Waals surface area contributed by atoms with Crippen LogP contribution in [0.4, 0.5) is 5.13 Å². The van der Waals surface area contributed by atoms with Crippen LogP contribution in [0.5, 0.6) is 0 Å². The molecule has 1 aliphatic heterocycles. The van der Waals surface area contributed by atoms with Gasteiger partial charge in [-0.05, 0) is 45.4 Å². The van der Waals surface area contributed by atoms with E-state index in [1.165, 1.54) is 11.3 Å². The number of thiazole rings is 1. The van der Waals surface area contributed by atoms with Crippen molar-refractivity contribution in [2.75, 3.05) is 18.5 Å². The Hall–Kier alpha value is -3.07. The fraction of sp³-hybridized carbons (Fsp3) is 0.321. The number of aromatic nitrogens is 1. The molecule has 0 spiro atoms. The number of hydrogen-bond acceptors (Lipinski definition) is 8. The zero-order chi connectivity index (χ0) is 27.4. The Morgan fingerprint density at radius 1 is 1.08 bits per heavy atom. The van der Waals surface area contributed by atoms with Gasteiger partial charge in [0.05, 0.1) is 46.5 Å². The maximum atomic E-state index is 14.0. The molecule has 1 aliphatic rings. The Morgan fingerprint density at radius 2 is 1.79 bits per heavy atom. The van der Waals surface area contributed by atoms with Crippen molar-refractivity contribution in [2.24, 2.45) is 0 Å². The summed E-state index contributed by atoms with van der Waals surface area (Å²) in [5.41, 5.74) is 1.79. The van der Waals surface area contributed by atoms with Gasteiger partial charge in [0.1, 0.15) is 0 Å². The number of anilines is 1. The van der Waals surface area contributed by atoms with Gasteiger partial charge in [0, 0.05) is 16.6 Å². The third kappa shape index (κ3) is 5.25. The van der Waals surface area contributed by atoms with Crippen molar-refractivity contribution in [3.8, 4) is 11.3 Å². The highest BCUT2D eigenvalue weighted by atomic mass is 35.5. The lowest BCUT2D eigenvalue weighted by Gasteiger charge is -2.48. The average Bonchev–Trinajstić information content (AvgIpc) is 3.36. The summed E-state index contributed by atoms with van der Waals surface area (Å²) < 4.78 is 11.1. The fourth-order valence-electron chi connectivity index (χ4n) is 4.84. The summed E-state index contributed by atoms with van der Waals surface area (Å²) in [5, 5.41) is 9.96. The van der Waals surface area contributed by atoms with Crippen LogP contribution < -0.4 is 10.6 Å². The van der Waals surface area contributed by atoms with Crippen molar-refractivity contribution in [1.82, 2.24) is 10.3 Å². The minimum atomic E-state index is -1.42. The summed E-state index contributed by atoms with van der Waals surface area (Å²) in [5.74, 6) is -1.73. The molecule has 3 atom stereocenters. The summed E-state index contributed by atoms with van der Waals surface area (Å²) in [6.07, 6.45) is 0. The standard InChI is InChI=1S/C28H29Cl2N3O4S/c1-5-36-25(34)23-16(3)31-17(4)28(26(35)37-6-2,24(23)18-10-8-7-9-11-18)33-27-32-22(15-38-27)19-12-13-20(29)21(30)14-19/h7-15,17,24,31H,5-6H2,1-4H3,(H,32,33). The van der Waals surface area contributed by atoms with Crippen molar-refractivity contribution >= 4 is 51.6 Å². The molecule has 0 aliphatic carbocycles. The quantitative estimate of drug-likeness (QED) is 0.299. The summed E-state index contributed by atoms with van der Waals surface area (Å²) in [6, 6.07) is 14.2. The Morgan fingerprint density at radius 3 is 2.45 bits per heavy atom. The summed E-state index contributed by atoms with van der Waals surface area (Å²) >= 11 is 13.6. The van der Waals surface area contributed by atoms with E-state index in [0.717, 1.165) is 11.1 Å². The molecule has 2 heterocycles. The number of carbonyl (C=O) groups is 2. The smallest absolute Gasteiger partial charge is 0.336 e. The highest BCUT2D eigenvalue weighted by Crippen LogP contribution is 2.46. The zero-order valence-corrected chi connectivity index (χ0v) is 23.8. The van der Waals surface area contributed by atoms with E-state index in [9.17, 15) is 9.59 Å². The molecule has 10 heteroatoms. The molecule has 38 heavy (non-hydrogen) atoms. The molecule has 3 unspecified atom stereocenters. The first kappa shape index (κ1) is 28.0. The topological polar surface area (TPSA) is 89.5 Å². The summed E-state index contributed by atoms with van der Waals surface area (Å²) in [4.78, 5) is 32.0. The van der Waals surface area contributed by atoms with Crippen LogP contribution >= 0.6 is 34.5 Å². The zero-order valence-electron chi connectivity index (χ0n) is 21.5. The first-order valence-electron chi connectivity index (χ1n) is 12.3. The van der Waals surface area contributed by atoms with Crippen molar-refractivity contribution in [3.05, 3.63) is 80.8 Å². The van der Waals surface area contributed by atoms with Crippen LogP contribution in [0, 0.1) is 0 Å². The first-order chi connectivity index (χ1) is 18.2. The van der Waals surface area contributed by atoms with E-state index in [0.29, 0.717) is 32.1 Å². The van der Waals surface area contributed by atoms with E-state index in [1.54, 1.807) is 26.0 Å². The van der Waals surface area contributed by atoms with E-state index in [1.807, 2.05) is 55.6 Å². The van der Waals surface area contributed by atoms with Crippen LogP contribution in [-0.4, -0.2) is 41.7 Å². The monoisotopic (exact) mass is 573 g/mol. The number of esters is 2. The van der Waals surface area contributed by atoms with E-state index < -0.39 is 29.4 Å². The number of ether oxygens (including phenoxy) is 2. The second kappa shape index (κ2) is 11.8. The summed E-state index contributed by atoms with van der Waals surface area (Å²) in [6.45, 7) is 7.58. The van der Waals surface area contributed by atoms with Crippen LogP contribution in [0.3, 0.4) is 0 Å². The van der Waals surface area contributed by atoms with E-state index in [2.05, 4.69) is 10.6 Å². The van der Waals surface area contributed by atoms with E-state index >= 15 is 0 Å². The molecule has 0 saturated carbocycles. The third-order valence-corrected chi connectivity index (χ3v) is 8.04. The number of halogens is 2. The molecule has 0 saturated heterocycles. The molecule has 0 fully saturated rings. The molecular formula is C28H29Cl2N3O4S.